The van der Waals surface area contributed by atoms with E-state index in [1.165, 1.54) is 0 Å². The van der Waals surface area contributed by atoms with Crippen LogP contribution in [0.1, 0.15) is 12.6 Å². The molecule has 0 aromatic carbocycles. The van der Waals surface area contributed by atoms with Gasteiger partial charge in [-0.2, -0.15) is 0 Å². The molecule has 1 aromatic heterocycles. The highest BCUT2D eigenvalue weighted by molar-refractivity contribution is 5.78. The number of rotatable bonds is 4. The molecule has 1 rings (SSSR count). The summed E-state index contributed by atoms with van der Waals surface area (Å²) in [5.74, 6) is -0.0407. The maximum Gasteiger partial charge on any atom is 0.226 e. The maximum atomic E-state index is 11.3. The number of nitrogens with one attached hydrogen (secondary N) is 1. The minimum Gasteiger partial charge on any atom is -0.354 e. The maximum absolute atomic E-state index is 11.3. The van der Waals surface area contributed by atoms with E-state index in [2.05, 4.69) is 10.3 Å². The highest BCUT2D eigenvalue weighted by Crippen LogP contribution is 1.93. The Balaban J connectivity index is 2.35. The lowest BCUT2D eigenvalue weighted by atomic mass is 10.2. The molecule has 0 radical (unpaired) electrons. The van der Waals surface area contributed by atoms with E-state index in [-0.39, 0.29) is 11.9 Å². The highest BCUT2D eigenvalue weighted by atomic mass is 16.1. The van der Waals surface area contributed by atoms with Crippen molar-refractivity contribution in [1.29, 1.82) is 0 Å². The Morgan fingerprint density at radius 1 is 1.64 bits per heavy atom. The lowest BCUT2D eigenvalue weighted by Gasteiger charge is -2.06. The fourth-order valence-corrected chi connectivity index (χ4v) is 1.00. The Labute approximate surface area is 83.5 Å². The monoisotopic (exact) mass is 193 g/mol. The lowest BCUT2D eigenvalue weighted by Crippen LogP contribution is -2.36. The number of hydrogen-bond donors (Lipinski definition) is 2. The van der Waals surface area contributed by atoms with Crippen LogP contribution in [-0.2, 0) is 11.2 Å². The van der Waals surface area contributed by atoms with Crippen LogP contribution in [0.3, 0.4) is 0 Å². The summed E-state index contributed by atoms with van der Waals surface area (Å²) in [6, 6.07) is 5.50. The van der Waals surface area contributed by atoms with E-state index in [1.807, 2.05) is 25.1 Å². The van der Waals surface area contributed by atoms with Gasteiger partial charge in [0.2, 0.25) is 5.91 Å². The summed E-state index contributed by atoms with van der Waals surface area (Å²) >= 11 is 0. The normalized spacial score (nSPS) is 12.1. The Morgan fingerprint density at radius 3 is 3.00 bits per heavy atom. The molecule has 0 aliphatic rings. The number of pyridine rings is 1. The number of hydrogen-bond acceptors (Lipinski definition) is 3. The standard InChI is InChI=1S/C10H15N3O/c1-8(11)7-13-10(14)6-9-4-2-3-5-12-9/h2-5,8H,6-7,11H2,1H3,(H,13,14). The minimum atomic E-state index is -0.0407. The van der Waals surface area contributed by atoms with Crippen LogP contribution < -0.4 is 11.1 Å². The number of carbonyl (C=O) groups is 1. The number of nitrogens with two attached hydrogens (primary N) is 1. The second-order valence-corrected chi connectivity index (χ2v) is 3.28. The summed E-state index contributed by atoms with van der Waals surface area (Å²) in [6.45, 7) is 2.35. The quantitative estimate of drug-likeness (QED) is 0.712. The van der Waals surface area contributed by atoms with Gasteiger partial charge in [-0.05, 0) is 19.1 Å². The molecule has 1 atom stereocenters. The van der Waals surface area contributed by atoms with Crippen LogP contribution in [0.25, 0.3) is 0 Å². The smallest absolute Gasteiger partial charge is 0.226 e. The van der Waals surface area contributed by atoms with Crippen molar-refractivity contribution >= 4 is 5.91 Å². The molecule has 4 nitrogen and oxygen atoms in total. The average Bonchev–Trinajstić information content (AvgIpc) is 2.16. The molecule has 0 saturated heterocycles. The van der Waals surface area contributed by atoms with Crippen LogP contribution >= 0.6 is 0 Å². The SMILES string of the molecule is CC(N)CNC(=O)Cc1ccccn1. The van der Waals surface area contributed by atoms with Crippen molar-refractivity contribution in [1.82, 2.24) is 10.3 Å². The van der Waals surface area contributed by atoms with Gasteiger partial charge in [-0.3, -0.25) is 9.78 Å². The molecule has 1 unspecified atom stereocenters. The van der Waals surface area contributed by atoms with E-state index in [9.17, 15) is 4.79 Å². The van der Waals surface area contributed by atoms with Crippen molar-refractivity contribution in [2.45, 2.75) is 19.4 Å². The van der Waals surface area contributed by atoms with Gasteiger partial charge in [0, 0.05) is 24.5 Å². The molecule has 3 N–H and O–H groups in total. The van der Waals surface area contributed by atoms with E-state index in [0.29, 0.717) is 13.0 Å². The molecule has 0 bridgehead atoms. The van der Waals surface area contributed by atoms with Crippen molar-refractivity contribution in [3.8, 4) is 0 Å². The first kappa shape index (κ1) is 10.7. The third kappa shape index (κ3) is 4.00. The fourth-order valence-electron chi connectivity index (χ4n) is 1.00. The van der Waals surface area contributed by atoms with Crippen LogP contribution in [0.5, 0.6) is 0 Å². The highest BCUT2D eigenvalue weighted by Gasteiger charge is 2.03. The molecule has 1 amide bonds. The number of aromatic nitrogens is 1. The number of amides is 1. The van der Waals surface area contributed by atoms with Gasteiger partial charge in [0.05, 0.1) is 6.42 Å². The summed E-state index contributed by atoms with van der Waals surface area (Å²) in [7, 11) is 0. The van der Waals surface area contributed by atoms with E-state index in [4.69, 9.17) is 5.73 Å². The van der Waals surface area contributed by atoms with Crippen molar-refractivity contribution < 1.29 is 4.79 Å². The van der Waals surface area contributed by atoms with Crippen LogP contribution in [-0.4, -0.2) is 23.5 Å². The van der Waals surface area contributed by atoms with Crippen LogP contribution in [0.2, 0.25) is 0 Å². The number of carbonyl (C=O) groups excluding carboxylic acids is 1. The second kappa shape index (κ2) is 5.34. The molecule has 0 fully saturated rings. The predicted molar refractivity (Wildman–Crippen MR) is 54.6 cm³/mol. The molecule has 0 spiro atoms. The van der Waals surface area contributed by atoms with Crippen LogP contribution in [0.15, 0.2) is 24.4 Å². The van der Waals surface area contributed by atoms with Gasteiger partial charge in [0.15, 0.2) is 0 Å². The van der Waals surface area contributed by atoms with Crippen molar-refractivity contribution in [2.75, 3.05) is 6.54 Å². The molecule has 0 aliphatic carbocycles. The summed E-state index contributed by atoms with van der Waals surface area (Å²) in [5, 5.41) is 2.73. The fraction of sp³-hybridized carbons (Fsp3) is 0.400. The Bertz CT molecular complexity index is 285. The van der Waals surface area contributed by atoms with Gasteiger partial charge in [-0.1, -0.05) is 6.07 Å². The molecule has 4 heteroatoms. The van der Waals surface area contributed by atoms with Crippen LogP contribution in [0, 0.1) is 0 Å². The van der Waals surface area contributed by atoms with Crippen molar-refractivity contribution in [2.24, 2.45) is 5.73 Å². The molecule has 0 saturated carbocycles. The zero-order valence-corrected chi connectivity index (χ0v) is 8.23. The van der Waals surface area contributed by atoms with Gasteiger partial charge in [0.1, 0.15) is 0 Å². The largest absolute Gasteiger partial charge is 0.354 e. The first-order chi connectivity index (χ1) is 6.68. The van der Waals surface area contributed by atoms with Gasteiger partial charge in [-0.25, -0.2) is 0 Å². The van der Waals surface area contributed by atoms with E-state index in [1.54, 1.807) is 6.20 Å². The molecular weight excluding hydrogens is 178 g/mol. The van der Waals surface area contributed by atoms with E-state index >= 15 is 0 Å². The first-order valence-corrected chi connectivity index (χ1v) is 4.60. The zero-order valence-electron chi connectivity index (χ0n) is 8.23. The van der Waals surface area contributed by atoms with E-state index in [0.717, 1.165) is 5.69 Å². The zero-order chi connectivity index (χ0) is 10.4. The number of nitrogens with zero attached hydrogens (tertiary/aromatic N) is 1. The Hall–Kier alpha value is -1.42. The van der Waals surface area contributed by atoms with Gasteiger partial charge in [-0.15, -0.1) is 0 Å². The van der Waals surface area contributed by atoms with Gasteiger partial charge in [0.25, 0.3) is 0 Å². The Morgan fingerprint density at radius 2 is 2.43 bits per heavy atom. The summed E-state index contributed by atoms with van der Waals surface area (Å²) < 4.78 is 0. The molecule has 0 aliphatic heterocycles. The molecular formula is C10H15N3O. The second-order valence-electron chi connectivity index (χ2n) is 3.28. The van der Waals surface area contributed by atoms with Crippen molar-refractivity contribution in [3.05, 3.63) is 30.1 Å². The molecule has 76 valence electrons. The Kier molecular flexibility index (Phi) is 4.07. The topological polar surface area (TPSA) is 68.0 Å². The average molecular weight is 193 g/mol. The molecule has 14 heavy (non-hydrogen) atoms. The lowest BCUT2D eigenvalue weighted by molar-refractivity contribution is -0.120. The summed E-state index contributed by atoms with van der Waals surface area (Å²) in [4.78, 5) is 15.4. The minimum absolute atomic E-state index is 0.0114. The third-order valence-corrected chi connectivity index (χ3v) is 1.69. The van der Waals surface area contributed by atoms with Gasteiger partial charge < -0.3 is 11.1 Å². The molecule has 1 heterocycles. The predicted octanol–water partition coefficient (Wildman–Crippen LogP) is 0.0875. The van der Waals surface area contributed by atoms with Crippen LogP contribution in [0.4, 0.5) is 0 Å². The third-order valence-electron chi connectivity index (χ3n) is 1.69. The summed E-state index contributed by atoms with van der Waals surface area (Å²) in [5.41, 5.74) is 6.28. The van der Waals surface area contributed by atoms with Crippen molar-refractivity contribution in [3.63, 3.8) is 0 Å². The summed E-state index contributed by atoms with van der Waals surface area (Å²) in [6.07, 6.45) is 1.99. The molecule has 1 aromatic rings. The van der Waals surface area contributed by atoms with Gasteiger partial charge >= 0.3 is 0 Å². The van der Waals surface area contributed by atoms with E-state index < -0.39 is 0 Å². The first-order valence-electron chi connectivity index (χ1n) is 4.60.